The highest BCUT2D eigenvalue weighted by atomic mass is 16.5. The molecule has 0 radical (unpaired) electrons. The monoisotopic (exact) mass is 236 g/mol. The lowest BCUT2D eigenvalue weighted by Crippen LogP contribution is -2.10. The zero-order valence-corrected chi connectivity index (χ0v) is 10.9. The number of hydrogen-bond donors (Lipinski definition) is 1. The van der Waals surface area contributed by atoms with Gasteiger partial charge in [0.15, 0.2) is 0 Å². The predicted molar refractivity (Wildman–Crippen MR) is 68.3 cm³/mol. The molecule has 0 aliphatic carbocycles. The number of rotatable bonds is 5. The number of esters is 1. The van der Waals surface area contributed by atoms with E-state index in [0.29, 0.717) is 0 Å². The number of ether oxygens (including phenoxy) is 1. The summed E-state index contributed by atoms with van der Waals surface area (Å²) in [5, 5.41) is 9.13. The predicted octanol–water partition coefficient (Wildman–Crippen LogP) is 2.99. The maximum Gasteiger partial charge on any atom is 0.307 e. The summed E-state index contributed by atoms with van der Waals surface area (Å²) >= 11 is 0. The molecule has 17 heavy (non-hydrogen) atoms. The molecule has 0 aromatic rings. The molecule has 0 spiro atoms. The summed E-state index contributed by atoms with van der Waals surface area (Å²) < 4.78 is 4.65. The molecule has 0 aliphatic heterocycles. The molecule has 0 saturated heterocycles. The van der Waals surface area contributed by atoms with Gasteiger partial charge in [-0.1, -0.05) is 24.5 Å². The van der Waals surface area contributed by atoms with Gasteiger partial charge in [-0.15, -0.1) is 5.92 Å². The van der Waals surface area contributed by atoms with Gasteiger partial charge in [-0.25, -0.2) is 0 Å². The molecule has 0 saturated carbocycles. The number of carbonyl (C=O) groups is 1. The summed E-state index contributed by atoms with van der Waals surface area (Å²) in [5.74, 6) is 5.62. The SMILES string of the molecule is CC#CC(CC(=O)OC)/C(=C/C=C(\C)O)CC. The molecule has 0 fully saturated rings. The van der Waals surface area contributed by atoms with E-state index in [0.717, 1.165) is 12.0 Å². The third kappa shape index (κ3) is 6.47. The number of aliphatic hydroxyl groups excluding tert-OH is 1. The summed E-state index contributed by atoms with van der Waals surface area (Å²) in [6, 6.07) is 0. The van der Waals surface area contributed by atoms with Crippen molar-refractivity contribution in [1.82, 2.24) is 0 Å². The standard InChI is InChI=1S/C14H20O3/c1-5-7-13(10-14(16)17-4)12(6-2)9-8-11(3)15/h8-9,13,15H,6,10H2,1-4H3/b11-8+,12-9+. The average molecular weight is 236 g/mol. The Morgan fingerprint density at radius 3 is 2.53 bits per heavy atom. The lowest BCUT2D eigenvalue weighted by molar-refractivity contribution is -0.141. The third-order valence-corrected chi connectivity index (χ3v) is 2.31. The van der Waals surface area contributed by atoms with Crippen LogP contribution in [0, 0.1) is 17.8 Å². The Morgan fingerprint density at radius 1 is 1.47 bits per heavy atom. The van der Waals surface area contributed by atoms with Crippen molar-refractivity contribution in [2.45, 2.75) is 33.6 Å². The molecule has 3 heteroatoms. The van der Waals surface area contributed by atoms with Crippen molar-refractivity contribution in [3.63, 3.8) is 0 Å². The van der Waals surface area contributed by atoms with Crippen LogP contribution in [0.4, 0.5) is 0 Å². The summed E-state index contributed by atoms with van der Waals surface area (Å²) in [7, 11) is 1.37. The number of allylic oxidation sites excluding steroid dienone is 4. The zero-order valence-electron chi connectivity index (χ0n) is 10.9. The molecule has 1 N–H and O–H groups in total. The van der Waals surface area contributed by atoms with E-state index in [9.17, 15) is 4.79 Å². The van der Waals surface area contributed by atoms with Gasteiger partial charge in [0.05, 0.1) is 25.2 Å². The Kier molecular flexibility index (Phi) is 7.62. The molecule has 0 aliphatic rings. The second-order valence-corrected chi connectivity index (χ2v) is 3.63. The third-order valence-electron chi connectivity index (χ3n) is 2.31. The summed E-state index contributed by atoms with van der Waals surface area (Å²) in [6.07, 6.45) is 4.45. The Hall–Kier alpha value is -1.69. The van der Waals surface area contributed by atoms with Crippen LogP contribution in [0.3, 0.4) is 0 Å². The van der Waals surface area contributed by atoms with Crippen molar-refractivity contribution in [3.8, 4) is 11.8 Å². The largest absolute Gasteiger partial charge is 0.513 e. The number of hydrogen-bond acceptors (Lipinski definition) is 3. The maximum atomic E-state index is 11.3. The highest BCUT2D eigenvalue weighted by Crippen LogP contribution is 2.19. The Morgan fingerprint density at radius 2 is 2.12 bits per heavy atom. The molecule has 0 rings (SSSR count). The minimum absolute atomic E-state index is 0.145. The van der Waals surface area contributed by atoms with E-state index in [1.54, 1.807) is 19.9 Å². The van der Waals surface area contributed by atoms with Crippen LogP contribution < -0.4 is 0 Å². The second kappa shape index (κ2) is 8.46. The number of aliphatic hydroxyl groups is 1. The van der Waals surface area contributed by atoms with Crippen LogP contribution in [0.25, 0.3) is 0 Å². The minimum atomic E-state index is -0.276. The Balaban J connectivity index is 4.97. The molecular weight excluding hydrogens is 216 g/mol. The normalized spacial score (nSPS) is 13.6. The minimum Gasteiger partial charge on any atom is -0.513 e. The Labute approximate surface area is 103 Å². The first-order valence-corrected chi connectivity index (χ1v) is 5.60. The maximum absolute atomic E-state index is 11.3. The summed E-state index contributed by atoms with van der Waals surface area (Å²) in [4.78, 5) is 11.3. The second-order valence-electron chi connectivity index (χ2n) is 3.63. The van der Waals surface area contributed by atoms with E-state index in [-0.39, 0.29) is 24.1 Å². The molecule has 94 valence electrons. The summed E-state index contributed by atoms with van der Waals surface area (Å²) in [6.45, 7) is 5.34. The molecule has 0 bridgehead atoms. The van der Waals surface area contributed by atoms with E-state index in [1.165, 1.54) is 7.11 Å². The van der Waals surface area contributed by atoms with Crippen LogP contribution in [0.2, 0.25) is 0 Å². The quantitative estimate of drug-likeness (QED) is 0.345. The van der Waals surface area contributed by atoms with Crippen molar-refractivity contribution in [2.75, 3.05) is 7.11 Å². The molecule has 0 amide bonds. The first kappa shape index (κ1) is 15.3. The van der Waals surface area contributed by atoms with Crippen LogP contribution in [0.15, 0.2) is 23.5 Å². The molecular formula is C14H20O3. The fraction of sp³-hybridized carbons (Fsp3) is 0.500. The van der Waals surface area contributed by atoms with Crippen LogP contribution in [-0.4, -0.2) is 18.2 Å². The summed E-state index contributed by atoms with van der Waals surface area (Å²) in [5.41, 5.74) is 1.01. The highest BCUT2D eigenvalue weighted by Gasteiger charge is 2.15. The number of carbonyl (C=O) groups excluding carboxylic acids is 1. The Bertz CT molecular complexity index is 363. The van der Waals surface area contributed by atoms with Crippen LogP contribution >= 0.6 is 0 Å². The van der Waals surface area contributed by atoms with Crippen molar-refractivity contribution >= 4 is 5.97 Å². The smallest absolute Gasteiger partial charge is 0.307 e. The fourth-order valence-corrected chi connectivity index (χ4v) is 1.41. The van der Waals surface area contributed by atoms with Crippen molar-refractivity contribution < 1.29 is 14.6 Å². The van der Waals surface area contributed by atoms with Crippen LogP contribution in [-0.2, 0) is 9.53 Å². The molecule has 1 atom stereocenters. The molecule has 0 aromatic heterocycles. The van der Waals surface area contributed by atoms with E-state index >= 15 is 0 Å². The van der Waals surface area contributed by atoms with Gasteiger partial charge in [0.1, 0.15) is 0 Å². The molecule has 1 unspecified atom stereocenters. The van der Waals surface area contributed by atoms with E-state index in [2.05, 4.69) is 16.6 Å². The van der Waals surface area contributed by atoms with Gasteiger partial charge in [-0.05, 0) is 26.3 Å². The molecule has 0 heterocycles. The highest BCUT2D eigenvalue weighted by molar-refractivity contribution is 5.70. The van der Waals surface area contributed by atoms with E-state index < -0.39 is 0 Å². The van der Waals surface area contributed by atoms with Gasteiger partial charge < -0.3 is 9.84 Å². The lowest BCUT2D eigenvalue weighted by atomic mass is 9.93. The average Bonchev–Trinajstić information content (AvgIpc) is 2.29. The lowest BCUT2D eigenvalue weighted by Gasteiger charge is -2.12. The van der Waals surface area contributed by atoms with Crippen LogP contribution in [0.1, 0.15) is 33.6 Å². The van der Waals surface area contributed by atoms with Crippen molar-refractivity contribution in [3.05, 3.63) is 23.5 Å². The fourth-order valence-electron chi connectivity index (χ4n) is 1.41. The first-order chi connectivity index (χ1) is 8.04. The topological polar surface area (TPSA) is 46.5 Å². The van der Waals surface area contributed by atoms with Gasteiger partial charge >= 0.3 is 5.97 Å². The molecule has 3 nitrogen and oxygen atoms in total. The van der Waals surface area contributed by atoms with Gasteiger partial charge in [-0.2, -0.15) is 0 Å². The van der Waals surface area contributed by atoms with Gasteiger partial charge in [-0.3, -0.25) is 4.79 Å². The van der Waals surface area contributed by atoms with Gasteiger partial charge in [0, 0.05) is 0 Å². The zero-order chi connectivity index (χ0) is 13.3. The van der Waals surface area contributed by atoms with Crippen molar-refractivity contribution in [1.29, 1.82) is 0 Å². The molecule has 0 aromatic carbocycles. The van der Waals surface area contributed by atoms with Crippen LogP contribution in [0.5, 0.6) is 0 Å². The number of methoxy groups -OCH3 is 1. The first-order valence-electron chi connectivity index (χ1n) is 5.60. The van der Waals surface area contributed by atoms with Gasteiger partial charge in [0.25, 0.3) is 0 Å². The van der Waals surface area contributed by atoms with E-state index in [4.69, 9.17) is 5.11 Å². The van der Waals surface area contributed by atoms with E-state index in [1.807, 2.05) is 13.0 Å². The van der Waals surface area contributed by atoms with Crippen molar-refractivity contribution in [2.24, 2.45) is 5.92 Å². The van der Waals surface area contributed by atoms with Gasteiger partial charge in [0.2, 0.25) is 0 Å².